The number of amides is 2. The molecule has 1 aromatic carbocycles. The van der Waals surface area contributed by atoms with Gasteiger partial charge in [0.05, 0.1) is 41.7 Å². The van der Waals surface area contributed by atoms with Crippen molar-refractivity contribution in [2.45, 2.75) is 70.8 Å². The maximum Gasteiger partial charge on any atom is 0.333 e. The third kappa shape index (κ3) is 8.98. The summed E-state index contributed by atoms with van der Waals surface area (Å²) < 4.78 is 33.5. The SMILES string of the molecule is CC1(C)C(/C=C/C=C/C=C/C=C2\c3ccccc3ON2CCCS(=O)(=O)O)=Nc2c1ccc[n+]2CCCCCC(=O)ON1C(=O)CCC1=O. The van der Waals surface area contributed by atoms with Gasteiger partial charge in [-0.2, -0.15) is 8.42 Å². The number of carbonyl (C=O) groups is 3. The van der Waals surface area contributed by atoms with Crippen LogP contribution in [0.4, 0.5) is 5.82 Å². The topological polar surface area (TPSA) is 147 Å². The zero-order valence-corrected chi connectivity index (χ0v) is 28.5. The van der Waals surface area contributed by atoms with Crippen LogP contribution in [-0.2, 0) is 41.3 Å². The minimum Gasteiger partial charge on any atom is -0.379 e. The molecule has 3 aliphatic rings. The summed E-state index contributed by atoms with van der Waals surface area (Å²) in [6, 6.07) is 11.7. The fraction of sp³-hybridized carbons (Fsp3) is 0.361. The third-order valence-corrected chi connectivity index (χ3v) is 9.22. The number of hydrogen-bond donors (Lipinski definition) is 1. The lowest BCUT2D eigenvalue weighted by Gasteiger charge is -2.17. The first kappa shape index (κ1) is 35.4. The predicted octanol–water partition coefficient (Wildman–Crippen LogP) is 5.10. The smallest absolute Gasteiger partial charge is 0.333 e. The van der Waals surface area contributed by atoms with Crippen LogP contribution in [0.15, 0.2) is 90.1 Å². The molecule has 4 heterocycles. The maximum atomic E-state index is 12.1. The van der Waals surface area contributed by atoms with Crippen LogP contribution in [0.5, 0.6) is 5.75 Å². The van der Waals surface area contributed by atoms with Crippen molar-refractivity contribution in [2.75, 3.05) is 12.3 Å². The Bertz CT molecular complexity index is 1840. The first-order valence-corrected chi connectivity index (χ1v) is 18.0. The van der Waals surface area contributed by atoms with Crippen LogP contribution in [-0.4, -0.2) is 58.9 Å². The van der Waals surface area contributed by atoms with E-state index in [1.165, 1.54) is 0 Å². The number of hydroxylamine groups is 4. The highest BCUT2D eigenvalue weighted by Gasteiger charge is 2.41. The maximum absolute atomic E-state index is 12.1. The van der Waals surface area contributed by atoms with Crippen LogP contribution >= 0.6 is 0 Å². The van der Waals surface area contributed by atoms with E-state index in [2.05, 4.69) is 24.5 Å². The van der Waals surface area contributed by atoms with E-state index in [4.69, 9.17) is 19.2 Å². The van der Waals surface area contributed by atoms with Crippen molar-refractivity contribution in [3.05, 3.63) is 96.3 Å². The first-order chi connectivity index (χ1) is 23.4. The molecular formula is C36H41N4O8S+. The van der Waals surface area contributed by atoms with Gasteiger partial charge in [-0.05, 0) is 80.9 Å². The molecule has 1 aromatic heterocycles. The standard InChI is InChI=1S/C36H40N4O8S/c1-36(2)28-16-13-24-38(23-12-6-9-20-34(43)48-40-32(41)21-22-33(40)42)35(28)37-31(36)19-8-5-3-4-7-17-29-27-15-10-11-18-30(27)47-39(29)25-14-26-49(44,45)46/h3-5,7-8,10-11,13,15-19,24H,6,9,12,14,20-23,25-26H2,1-2H3/p+1. The molecule has 0 atom stereocenters. The Morgan fingerprint density at radius 2 is 1.73 bits per heavy atom. The molecule has 0 aliphatic carbocycles. The Labute approximate surface area is 286 Å². The van der Waals surface area contributed by atoms with Gasteiger partial charge in [0.15, 0.2) is 11.5 Å². The zero-order chi connectivity index (χ0) is 35.0. The Balaban J connectivity index is 1.13. The average Bonchev–Trinajstić information content (AvgIpc) is 3.66. The molecule has 12 nitrogen and oxygen atoms in total. The third-order valence-electron chi connectivity index (χ3n) is 8.42. The van der Waals surface area contributed by atoms with Gasteiger partial charge in [0.1, 0.15) is 0 Å². The molecule has 5 rings (SSSR count). The van der Waals surface area contributed by atoms with E-state index in [1.54, 1.807) is 5.06 Å². The van der Waals surface area contributed by atoms with Crippen molar-refractivity contribution in [1.29, 1.82) is 0 Å². The lowest BCUT2D eigenvalue weighted by Crippen LogP contribution is -2.35. The second kappa shape index (κ2) is 15.6. The van der Waals surface area contributed by atoms with Crippen LogP contribution in [0.25, 0.3) is 5.70 Å². The van der Waals surface area contributed by atoms with Crippen LogP contribution < -0.4 is 9.40 Å². The number of nitrogens with zero attached hydrogens (tertiary/aromatic N) is 4. The summed E-state index contributed by atoms with van der Waals surface area (Å²) in [5.74, 6) is -0.274. The van der Waals surface area contributed by atoms with E-state index in [-0.39, 0.29) is 36.9 Å². The summed E-state index contributed by atoms with van der Waals surface area (Å²) in [5.41, 5.74) is 3.48. The van der Waals surface area contributed by atoms with Gasteiger partial charge >= 0.3 is 11.8 Å². The molecular weight excluding hydrogens is 648 g/mol. The highest BCUT2D eigenvalue weighted by molar-refractivity contribution is 7.85. The summed E-state index contributed by atoms with van der Waals surface area (Å²) in [5, 5.41) is 2.22. The monoisotopic (exact) mass is 689 g/mol. The van der Waals surface area contributed by atoms with Gasteiger partial charge in [0.25, 0.3) is 21.9 Å². The highest BCUT2D eigenvalue weighted by atomic mass is 32.2. The number of carbonyl (C=O) groups excluding carboxylic acids is 3. The van der Waals surface area contributed by atoms with Crippen LogP contribution in [0.3, 0.4) is 0 Å². The molecule has 1 N–H and O–H groups in total. The number of para-hydroxylation sites is 1. The van der Waals surface area contributed by atoms with Crippen molar-refractivity contribution in [2.24, 2.45) is 4.99 Å². The molecule has 258 valence electrons. The molecule has 0 saturated carbocycles. The van der Waals surface area contributed by atoms with Crippen molar-refractivity contribution >= 4 is 45.1 Å². The first-order valence-electron chi connectivity index (χ1n) is 16.3. The molecule has 2 aromatic rings. The molecule has 3 aliphatic heterocycles. The van der Waals surface area contributed by atoms with E-state index in [0.717, 1.165) is 47.7 Å². The fourth-order valence-electron chi connectivity index (χ4n) is 5.78. The number of benzene rings is 1. The summed E-state index contributed by atoms with van der Waals surface area (Å²) in [6.45, 7) is 5.32. The lowest BCUT2D eigenvalue weighted by molar-refractivity contribution is -0.684. The Morgan fingerprint density at radius 1 is 1.00 bits per heavy atom. The predicted molar refractivity (Wildman–Crippen MR) is 183 cm³/mol. The number of aryl methyl sites for hydroxylation is 1. The van der Waals surface area contributed by atoms with Crippen LogP contribution in [0.2, 0.25) is 0 Å². The van der Waals surface area contributed by atoms with Crippen molar-refractivity contribution in [1.82, 2.24) is 10.1 Å². The number of hydrogen-bond acceptors (Lipinski definition) is 9. The summed E-state index contributed by atoms with van der Waals surface area (Å²) >= 11 is 0. The molecule has 0 bridgehead atoms. The molecule has 2 amide bonds. The quantitative estimate of drug-likeness (QED) is 0.0887. The Kier molecular flexibility index (Phi) is 11.2. The molecule has 49 heavy (non-hydrogen) atoms. The zero-order valence-electron chi connectivity index (χ0n) is 27.7. The highest BCUT2D eigenvalue weighted by Crippen LogP contribution is 2.38. The van der Waals surface area contributed by atoms with Gasteiger partial charge in [-0.3, -0.25) is 14.1 Å². The number of pyridine rings is 1. The van der Waals surface area contributed by atoms with Gasteiger partial charge in [0.2, 0.25) is 0 Å². The minimum absolute atomic E-state index is 0.0780. The van der Waals surface area contributed by atoms with E-state index in [9.17, 15) is 22.8 Å². The molecule has 0 radical (unpaired) electrons. The summed E-state index contributed by atoms with van der Waals surface area (Å²) in [6.07, 6.45) is 18.2. The number of aromatic nitrogens is 1. The molecule has 0 spiro atoms. The average molecular weight is 690 g/mol. The second-order valence-corrected chi connectivity index (χ2v) is 14.0. The summed E-state index contributed by atoms with van der Waals surface area (Å²) in [7, 11) is -4.05. The Hall–Kier alpha value is -4.88. The fourth-order valence-corrected chi connectivity index (χ4v) is 6.28. The number of allylic oxidation sites excluding steroid dienone is 7. The number of unbranched alkanes of at least 4 members (excludes halogenated alkanes) is 2. The van der Waals surface area contributed by atoms with Gasteiger partial charge in [-0.15, -0.1) is 5.06 Å². The van der Waals surface area contributed by atoms with Crippen molar-refractivity contribution in [3.63, 3.8) is 0 Å². The molecule has 13 heteroatoms. The normalized spacial score (nSPS) is 17.9. The molecule has 0 unspecified atom stereocenters. The largest absolute Gasteiger partial charge is 0.379 e. The second-order valence-electron chi connectivity index (χ2n) is 12.4. The van der Waals surface area contributed by atoms with E-state index in [0.29, 0.717) is 23.8 Å². The van der Waals surface area contributed by atoms with Gasteiger partial charge in [-0.25, -0.2) is 14.4 Å². The number of fused-ring (bicyclic) bond motifs is 2. The van der Waals surface area contributed by atoms with E-state index in [1.807, 2.05) is 79.1 Å². The van der Waals surface area contributed by atoms with Crippen molar-refractivity contribution in [3.8, 4) is 5.75 Å². The van der Waals surface area contributed by atoms with E-state index < -0.39 is 27.9 Å². The van der Waals surface area contributed by atoms with Crippen LogP contribution in [0, 0.1) is 0 Å². The van der Waals surface area contributed by atoms with E-state index >= 15 is 0 Å². The number of imide groups is 1. The van der Waals surface area contributed by atoms with Crippen molar-refractivity contribution < 1.29 is 41.6 Å². The number of rotatable bonds is 15. The molecule has 1 fully saturated rings. The van der Waals surface area contributed by atoms with Crippen LogP contribution in [0.1, 0.15) is 69.9 Å². The van der Waals surface area contributed by atoms with Gasteiger partial charge in [-0.1, -0.05) is 42.5 Å². The summed E-state index contributed by atoms with van der Waals surface area (Å²) in [4.78, 5) is 51.1. The van der Waals surface area contributed by atoms with Gasteiger partial charge in [0, 0.05) is 24.8 Å². The molecule has 1 saturated heterocycles. The Morgan fingerprint density at radius 3 is 2.51 bits per heavy atom. The van der Waals surface area contributed by atoms with Gasteiger partial charge < -0.3 is 9.68 Å². The minimum atomic E-state index is -4.05. The lowest BCUT2D eigenvalue weighted by atomic mass is 9.82. The number of aliphatic imine (C=N–C) groups is 1.